The van der Waals surface area contributed by atoms with Gasteiger partial charge in [0.25, 0.3) is 0 Å². The first-order chi connectivity index (χ1) is 5.46. The average molecular weight is 438 g/mol. The minimum atomic E-state index is -1.75. The van der Waals surface area contributed by atoms with Gasteiger partial charge in [-0.25, -0.2) is 0 Å². The van der Waals surface area contributed by atoms with Crippen LogP contribution in [0.2, 0.25) is 0 Å². The number of hydrogen-bond donors (Lipinski definition) is 0. The zero-order valence-electron chi connectivity index (χ0n) is 8.07. The Bertz CT molecular complexity index is 137. The van der Waals surface area contributed by atoms with E-state index in [1.807, 2.05) is 0 Å². The summed E-state index contributed by atoms with van der Waals surface area (Å²) >= 11 is 0. The standard InChI is InChI=1S/2CN.2NO3.4Zn/c2*1-2;2*2-1(3)4;;;;/q4*-1;;;;+2. The minimum absolute atomic E-state index is 0. The maximum Gasteiger partial charge on any atom is 2.00 e. The molecule has 0 aromatic carbocycles. The van der Waals surface area contributed by atoms with Crippen LogP contribution in [0, 0.1) is 54.3 Å². The Labute approximate surface area is 141 Å². The molecule has 10 nitrogen and oxygen atoms in total. The molecule has 0 unspecified atom stereocenters. The van der Waals surface area contributed by atoms with E-state index in [2.05, 4.69) is 0 Å². The van der Waals surface area contributed by atoms with Crippen LogP contribution in [0.25, 0.3) is 0 Å². The first-order valence-electron chi connectivity index (χ1n) is 1.54. The van der Waals surface area contributed by atoms with Crippen molar-refractivity contribution in [2.75, 3.05) is 0 Å². The molecule has 0 spiro atoms. The number of nitrogens with zero attached hydrogens (tertiary/aromatic N) is 4. The summed E-state index contributed by atoms with van der Waals surface area (Å²) in [5, 5.41) is 42.0. The van der Waals surface area contributed by atoms with Gasteiger partial charge in [-0.1, -0.05) is 0 Å². The van der Waals surface area contributed by atoms with E-state index < -0.39 is 10.2 Å². The first kappa shape index (κ1) is 56.6. The molecule has 0 aliphatic carbocycles. The van der Waals surface area contributed by atoms with E-state index in [0.717, 1.165) is 0 Å². The Morgan fingerprint density at radius 1 is 0.688 bits per heavy atom. The van der Waals surface area contributed by atoms with Crippen molar-refractivity contribution in [1.29, 1.82) is 10.5 Å². The zero-order valence-corrected chi connectivity index (χ0v) is 19.9. The van der Waals surface area contributed by atoms with Gasteiger partial charge in [0.1, 0.15) is 0 Å². The predicted molar refractivity (Wildman–Crippen MR) is 30.7 cm³/mol. The van der Waals surface area contributed by atoms with Crippen molar-refractivity contribution in [3.05, 3.63) is 43.8 Å². The molecule has 0 saturated heterocycles. The SMILES string of the molecule is O=[N+]([O-])[O-].O=[N+]([O-])[O-].[C-]#N.[C-]#N.[Zn+2].[Zn].[Zn].[Zn]. The molecule has 0 fully saturated rings. The van der Waals surface area contributed by atoms with Crippen molar-refractivity contribution < 1.29 is 88.1 Å². The van der Waals surface area contributed by atoms with Crippen LogP contribution in [0.15, 0.2) is 0 Å². The van der Waals surface area contributed by atoms with E-state index in [-0.39, 0.29) is 77.9 Å². The third kappa shape index (κ3) is 144000. The van der Waals surface area contributed by atoms with Crippen molar-refractivity contribution in [2.24, 2.45) is 0 Å². The van der Waals surface area contributed by atoms with Crippen LogP contribution in [0.5, 0.6) is 0 Å². The smallest absolute Gasteiger partial charge is 0.512 e. The van der Waals surface area contributed by atoms with Gasteiger partial charge in [0.2, 0.25) is 0 Å². The molecule has 0 heterocycles. The summed E-state index contributed by atoms with van der Waals surface area (Å²) in [4.78, 5) is 16.5. The molecule has 14 heteroatoms. The van der Waals surface area contributed by atoms with Crippen LogP contribution in [-0.4, -0.2) is 10.2 Å². The van der Waals surface area contributed by atoms with Crippen molar-refractivity contribution in [1.82, 2.24) is 0 Å². The summed E-state index contributed by atoms with van der Waals surface area (Å²) < 4.78 is 0. The van der Waals surface area contributed by atoms with Gasteiger partial charge in [-0.15, -0.1) is 0 Å². The summed E-state index contributed by atoms with van der Waals surface area (Å²) in [6.07, 6.45) is 0. The average Bonchev–Trinajstić information content (AvgIpc) is 1.93. The molecule has 0 bridgehead atoms. The Kier molecular flexibility index (Phi) is 294. The van der Waals surface area contributed by atoms with Crippen LogP contribution < -0.4 is 0 Å². The molecular weight excluding hydrogens is 438 g/mol. The summed E-state index contributed by atoms with van der Waals surface area (Å²) in [5.74, 6) is 0. The summed E-state index contributed by atoms with van der Waals surface area (Å²) in [6.45, 7) is 9.50. The Hall–Kier alpha value is -0.126. The minimum Gasteiger partial charge on any atom is -0.512 e. The van der Waals surface area contributed by atoms with E-state index in [4.69, 9.17) is 54.3 Å². The van der Waals surface area contributed by atoms with Gasteiger partial charge in [-0.3, -0.25) is 0 Å². The van der Waals surface area contributed by atoms with Gasteiger partial charge in [0.05, 0.1) is 10.2 Å². The summed E-state index contributed by atoms with van der Waals surface area (Å²) in [6, 6.07) is 0. The number of hydrogen-bond acceptors (Lipinski definition) is 8. The maximum absolute atomic E-state index is 8.25. The fraction of sp³-hybridized carbons (Fsp3) is 0. The number of rotatable bonds is 0. The molecular formula is C2N4O6Zn4-2. The van der Waals surface area contributed by atoms with E-state index in [1.165, 1.54) is 0 Å². The Morgan fingerprint density at radius 2 is 0.688 bits per heavy atom. The normalized spacial score (nSPS) is 3.25. The molecule has 0 rings (SSSR count). The van der Waals surface area contributed by atoms with Gasteiger partial charge >= 0.3 is 19.5 Å². The van der Waals surface area contributed by atoms with Gasteiger partial charge in [-0.05, 0) is 0 Å². The summed E-state index contributed by atoms with van der Waals surface area (Å²) in [7, 11) is 0. The van der Waals surface area contributed by atoms with Crippen LogP contribution in [0.4, 0.5) is 0 Å². The molecule has 0 amide bonds. The van der Waals surface area contributed by atoms with E-state index in [9.17, 15) is 0 Å². The fourth-order valence-corrected chi connectivity index (χ4v) is 0. The van der Waals surface area contributed by atoms with E-state index >= 15 is 0 Å². The Balaban J connectivity index is -0.00000000857. The molecule has 16 heavy (non-hydrogen) atoms. The molecule has 0 aliphatic heterocycles. The van der Waals surface area contributed by atoms with Crippen molar-refractivity contribution in [3.63, 3.8) is 0 Å². The van der Waals surface area contributed by atoms with Crippen LogP contribution in [0.3, 0.4) is 0 Å². The largest absolute Gasteiger partial charge is 2.00 e. The molecule has 0 aliphatic rings. The molecule has 0 aromatic heterocycles. The first-order valence-corrected chi connectivity index (χ1v) is 1.54. The quantitative estimate of drug-likeness (QED) is 0.214. The van der Waals surface area contributed by atoms with E-state index in [1.54, 1.807) is 0 Å². The third-order valence-electron chi connectivity index (χ3n) is 0. The molecule has 74 valence electrons. The van der Waals surface area contributed by atoms with Crippen molar-refractivity contribution in [2.45, 2.75) is 0 Å². The van der Waals surface area contributed by atoms with Gasteiger partial charge < -0.3 is 54.3 Å². The second-order valence-corrected chi connectivity index (χ2v) is 0.447. The maximum atomic E-state index is 8.25. The monoisotopic (exact) mass is 432 g/mol. The van der Waals surface area contributed by atoms with Gasteiger partial charge in [0.15, 0.2) is 0 Å². The van der Waals surface area contributed by atoms with Gasteiger partial charge in [0, 0.05) is 58.4 Å². The molecule has 0 radical (unpaired) electrons. The second-order valence-electron chi connectivity index (χ2n) is 0.447. The van der Waals surface area contributed by atoms with Gasteiger partial charge in [-0.2, -0.15) is 0 Å². The second kappa shape index (κ2) is 83.0. The molecule has 0 saturated carbocycles. The van der Waals surface area contributed by atoms with Crippen LogP contribution in [0.1, 0.15) is 0 Å². The zero-order chi connectivity index (χ0) is 11.2. The third-order valence-corrected chi connectivity index (χ3v) is 0. The predicted octanol–water partition coefficient (Wildman–Crippen LogP) is -0.295. The molecule has 0 aromatic rings. The fourth-order valence-electron chi connectivity index (χ4n) is 0. The molecule has 0 N–H and O–H groups in total. The van der Waals surface area contributed by atoms with E-state index in [0.29, 0.717) is 0 Å². The summed E-state index contributed by atoms with van der Waals surface area (Å²) in [5.41, 5.74) is 0. The van der Waals surface area contributed by atoms with Crippen LogP contribution in [-0.2, 0) is 77.9 Å². The Morgan fingerprint density at radius 3 is 0.688 bits per heavy atom. The van der Waals surface area contributed by atoms with Crippen LogP contribution >= 0.6 is 0 Å². The topological polar surface area (TPSA) is 180 Å². The van der Waals surface area contributed by atoms with Crippen molar-refractivity contribution in [3.8, 4) is 0 Å². The molecule has 0 atom stereocenters. The van der Waals surface area contributed by atoms with Crippen molar-refractivity contribution >= 4 is 0 Å².